The van der Waals surface area contributed by atoms with Crippen LogP contribution in [0.25, 0.3) is 0 Å². The molecule has 2 rings (SSSR count). The lowest BCUT2D eigenvalue weighted by molar-refractivity contribution is -0.143. The van der Waals surface area contributed by atoms with Gasteiger partial charge < -0.3 is 15.1 Å². The van der Waals surface area contributed by atoms with Crippen LogP contribution in [0.4, 0.5) is 0 Å². The van der Waals surface area contributed by atoms with Crippen molar-refractivity contribution in [2.75, 3.05) is 32.7 Å². The van der Waals surface area contributed by atoms with Gasteiger partial charge in [-0.2, -0.15) is 0 Å². The van der Waals surface area contributed by atoms with Crippen molar-refractivity contribution >= 4 is 11.9 Å². The summed E-state index contributed by atoms with van der Waals surface area (Å²) in [6.45, 7) is 3.83. The van der Waals surface area contributed by atoms with Crippen molar-refractivity contribution in [2.24, 2.45) is 5.92 Å². The lowest BCUT2D eigenvalue weighted by Gasteiger charge is -2.33. The molecule has 1 saturated carbocycles. The maximum atomic E-state index is 11.6. The first-order valence-corrected chi connectivity index (χ1v) is 8.33. The van der Waals surface area contributed by atoms with Gasteiger partial charge in [0, 0.05) is 39.6 Å². The second-order valence-corrected chi connectivity index (χ2v) is 6.87. The Labute approximate surface area is 132 Å². The lowest BCUT2D eigenvalue weighted by atomic mass is 9.93. The van der Waals surface area contributed by atoms with Gasteiger partial charge in [-0.05, 0) is 12.8 Å². The van der Waals surface area contributed by atoms with E-state index in [9.17, 15) is 19.8 Å². The molecule has 1 saturated heterocycles. The Morgan fingerprint density at radius 2 is 1.73 bits per heavy atom. The first kappa shape index (κ1) is 17.2. The highest BCUT2D eigenvalue weighted by molar-refractivity contribution is 5.75. The van der Waals surface area contributed by atoms with E-state index in [1.807, 2.05) is 4.90 Å². The van der Waals surface area contributed by atoms with E-state index in [-0.39, 0.29) is 12.5 Å². The Balaban J connectivity index is 2.03. The monoisotopic (exact) mass is 312 g/mol. The van der Waals surface area contributed by atoms with Gasteiger partial charge in [-0.15, -0.1) is 0 Å². The fourth-order valence-electron chi connectivity index (χ4n) is 3.63. The maximum absolute atomic E-state index is 11.6. The number of nitrogens with zero attached hydrogens (tertiary/aromatic N) is 2. The molecule has 126 valence electrons. The van der Waals surface area contributed by atoms with Crippen LogP contribution in [0.1, 0.15) is 45.4 Å². The zero-order valence-corrected chi connectivity index (χ0v) is 13.5. The molecule has 6 nitrogen and oxygen atoms in total. The van der Waals surface area contributed by atoms with E-state index in [2.05, 4.69) is 0 Å². The molecule has 1 atom stereocenters. The molecule has 0 radical (unpaired) electrons. The molecule has 6 heteroatoms. The zero-order valence-electron chi connectivity index (χ0n) is 13.5. The number of hydrogen-bond donors (Lipinski definition) is 2. The minimum Gasteiger partial charge on any atom is -0.481 e. The standard InChI is InChI=1S/C16H28N2O4/c1-13(19)18-9-8-17(10-14(11-18)15(20)21)12-16(22)6-4-2-3-5-7-16/h14,22H,2-12H2,1H3,(H,20,21). The van der Waals surface area contributed by atoms with Crippen LogP contribution in [-0.2, 0) is 9.59 Å². The van der Waals surface area contributed by atoms with Crippen molar-refractivity contribution in [1.29, 1.82) is 0 Å². The summed E-state index contributed by atoms with van der Waals surface area (Å²) in [6, 6.07) is 0. The molecule has 1 heterocycles. The van der Waals surface area contributed by atoms with E-state index in [1.165, 1.54) is 6.92 Å². The number of hydrogen-bond acceptors (Lipinski definition) is 4. The van der Waals surface area contributed by atoms with Crippen molar-refractivity contribution in [3.05, 3.63) is 0 Å². The molecule has 0 aromatic carbocycles. The Kier molecular flexibility index (Phi) is 5.81. The van der Waals surface area contributed by atoms with Crippen LogP contribution in [0.3, 0.4) is 0 Å². The summed E-state index contributed by atoms with van der Waals surface area (Å²) in [7, 11) is 0. The molecule has 0 aromatic rings. The van der Waals surface area contributed by atoms with Crippen molar-refractivity contribution in [3.63, 3.8) is 0 Å². The molecule has 2 fully saturated rings. The Morgan fingerprint density at radius 3 is 2.27 bits per heavy atom. The van der Waals surface area contributed by atoms with Crippen LogP contribution in [0, 0.1) is 5.92 Å². The quantitative estimate of drug-likeness (QED) is 0.758. The number of β-amino-alcohol motifs (C(OH)–C–C–N with tert-alkyl or cyclic N) is 1. The normalized spacial score (nSPS) is 27.0. The smallest absolute Gasteiger partial charge is 0.309 e. The van der Waals surface area contributed by atoms with Gasteiger partial charge in [-0.1, -0.05) is 25.7 Å². The molecule has 2 N–H and O–H groups in total. The molecule has 0 bridgehead atoms. The third kappa shape index (κ3) is 4.68. The predicted molar refractivity (Wildman–Crippen MR) is 82.5 cm³/mol. The van der Waals surface area contributed by atoms with Gasteiger partial charge in [0.25, 0.3) is 0 Å². The molecular formula is C16H28N2O4. The first-order valence-electron chi connectivity index (χ1n) is 8.33. The highest BCUT2D eigenvalue weighted by Gasteiger charge is 2.34. The van der Waals surface area contributed by atoms with Crippen LogP contribution in [-0.4, -0.2) is 70.2 Å². The second kappa shape index (κ2) is 7.42. The molecule has 22 heavy (non-hydrogen) atoms. The first-order chi connectivity index (χ1) is 10.4. The Hall–Kier alpha value is -1.14. The van der Waals surface area contributed by atoms with Crippen molar-refractivity contribution in [2.45, 2.75) is 51.0 Å². The number of aliphatic hydroxyl groups is 1. The summed E-state index contributed by atoms with van der Waals surface area (Å²) < 4.78 is 0. The van der Waals surface area contributed by atoms with Gasteiger partial charge in [-0.25, -0.2) is 0 Å². The van der Waals surface area contributed by atoms with Crippen molar-refractivity contribution in [1.82, 2.24) is 9.80 Å². The molecule has 0 aromatic heterocycles. The van der Waals surface area contributed by atoms with Crippen LogP contribution in [0.15, 0.2) is 0 Å². The van der Waals surface area contributed by atoms with Gasteiger partial charge in [-0.3, -0.25) is 14.5 Å². The van der Waals surface area contributed by atoms with E-state index in [4.69, 9.17) is 0 Å². The van der Waals surface area contributed by atoms with Crippen molar-refractivity contribution < 1.29 is 19.8 Å². The molecule has 2 aliphatic rings. The lowest BCUT2D eigenvalue weighted by Crippen LogP contribution is -2.45. The van der Waals surface area contributed by atoms with Gasteiger partial charge in [0.2, 0.25) is 5.91 Å². The summed E-state index contributed by atoms with van der Waals surface area (Å²) >= 11 is 0. The molecule has 1 amide bonds. The summed E-state index contributed by atoms with van der Waals surface area (Å²) in [5.74, 6) is -1.53. The number of carboxylic acids is 1. The van der Waals surface area contributed by atoms with Crippen molar-refractivity contribution in [3.8, 4) is 0 Å². The van der Waals surface area contributed by atoms with E-state index >= 15 is 0 Å². The van der Waals surface area contributed by atoms with E-state index in [1.54, 1.807) is 4.90 Å². The highest BCUT2D eigenvalue weighted by atomic mass is 16.4. The minimum atomic E-state index is -0.869. The van der Waals surface area contributed by atoms with Gasteiger partial charge in [0.1, 0.15) is 0 Å². The summed E-state index contributed by atoms with van der Waals surface area (Å²) in [5.41, 5.74) is -0.703. The van der Waals surface area contributed by atoms with E-state index in [0.717, 1.165) is 38.5 Å². The number of aliphatic carboxylic acids is 1. The number of carbonyl (C=O) groups is 2. The Morgan fingerprint density at radius 1 is 1.09 bits per heavy atom. The van der Waals surface area contributed by atoms with Crippen LogP contribution < -0.4 is 0 Å². The second-order valence-electron chi connectivity index (χ2n) is 6.87. The fourth-order valence-corrected chi connectivity index (χ4v) is 3.63. The maximum Gasteiger partial charge on any atom is 0.309 e. The van der Waals surface area contributed by atoms with Gasteiger partial charge >= 0.3 is 5.97 Å². The largest absolute Gasteiger partial charge is 0.481 e. The van der Waals surface area contributed by atoms with Crippen LogP contribution in [0.2, 0.25) is 0 Å². The number of carboxylic acid groups (broad SMARTS) is 1. The summed E-state index contributed by atoms with van der Waals surface area (Å²) in [5, 5.41) is 20.2. The van der Waals surface area contributed by atoms with Crippen LogP contribution >= 0.6 is 0 Å². The number of rotatable bonds is 3. The average molecular weight is 312 g/mol. The third-order valence-corrected chi connectivity index (χ3v) is 4.95. The zero-order chi connectivity index (χ0) is 16.2. The average Bonchev–Trinajstić information content (AvgIpc) is 2.77. The van der Waals surface area contributed by atoms with Crippen LogP contribution in [0.5, 0.6) is 0 Å². The summed E-state index contributed by atoms with van der Waals surface area (Å²) in [4.78, 5) is 26.7. The topological polar surface area (TPSA) is 81.1 Å². The van der Waals surface area contributed by atoms with Gasteiger partial charge in [0.15, 0.2) is 0 Å². The van der Waals surface area contributed by atoms with E-state index in [0.29, 0.717) is 26.2 Å². The SMILES string of the molecule is CC(=O)N1CCN(CC2(O)CCCCCC2)CC(C(=O)O)C1. The molecule has 1 aliphatic heterocycles. The highest BCUT2D eigenvalue weighted by Crippen LogP contribution is 2.28. The number of carbonyl (C=O) groups excluding carboxylic acids is 1. The predicted octanol–water partition coefficient (Wildman–Crippen LogP) is 0.937. The van der Waals surface area contributed by atoms with E-state index < -0.39 is 17.5 Å². The molecule has 1 unspecified atom stereocenters. The number of amides is 1. The summed E-state index contributed by atoms with van der Waals surface area (Å²) in [6.07, 6.45) is 5.98. The Bertz CT molecular complexity index is 405. The molecule has 0 spiro atoms. The minimum absolute atomic E-state index is 0.0821. The molecule has 1 aliphatic carbocycles. The third-order valence-electron chi connectivity index (χ3n) is 4.95. The molecular weight excluding hydrogens is 284 g/mol. The van der Waals surface area contributed by atoms with Gasteiger partial charge in [0.05, 0.1) is 11.5 Å². The fraction of sp³-hybridized carbons (Fsp3) is 0.875.